The smallest absolute Gasteiger partial charge is 0.320 e. The molecular formula is C23H18ClN3O4. The van der Waals surface area contributed by atoms with Crippen molar-refractivity contribution in [3.05, 3.63) is 83.4 Å². The second kappa shape index (κ2) is 9.42. The van der Waals surface area contributed by atoms with Gasteiger partial charge in [-0.25, -0.2) is 0 Å². The van der Waals surface area contributed by atoms with Crippen molar-refractivity contribution in [1.29, 1.82) is 0 Å². The Labute approximate surface area is 183 Å². The number of carbonyl (C=O) groups excluding carboxylic acids is 1. The highest BCUT2D eigenvalue weighted by molar-refractivity contribution is 6.33. The summed E-state index contributed by atoms with van der Waals surface area (Å²) in [6.45, 7) is -0.0816. The fourth-order valence-corrected chi connectivity index (χ4v) is 3.08. The van der Waals surface area contributed by atoms with Crippen LogP contribution in [-0.4, -0.2) is 22.7 Å². The van der Waals surface area contributed by atoms with Crippen molar-refractivity contribution in [2.24, 2.45) is 5.73 Å². The maximum absolute atomic E-state index is 11.2. The number of nitrogens with two attached hydrogens (primary N) is 1. The molecule has 8 heteroatoms. The summed E-state index contributed by atoms with van der Waals surface area (Å²) in [7, 11) is 0. The minimum Gasteiger partial charge on any atom is -0.460 e. The fourth-order valence-electron chi connectivity index (χ4n) is 2.79. The molecule has 4 aromatic rings. The van der Waals surface area contributed by atoms with Gasteiger partial charge < -0.3 is 19.7 Å². The number of hydrogen-bond acceptors (Lipinski definition) is 7. The van der Waals surface area contributed by atoms with Crippen LogP contribution in [-0.2, 0) is 16.1 Å². The van der Waals surface area contributed by atoms with Gasteiger partial charge in [0.05, 0.1) is 11.6 Å². The maximum Gasteiger partial charge on any atom is 0.320 e. The van der Waals surface area contributed by atoms with Gasteiger partial charge in [0, 0.05) is 11.1 Å². The van der Waals surface area contributed by atoms with Crippen LogP contribution in [0.15, 0.2) is 77.3 Å². The standard InChI is InChI=1S/C23H18ClN3O4/c24-20-12-15(14-29-21(28)13-25)6-11-19(20)22-26-23(31-27-22)16-7-9-18(10-8-16)30-17-4-2-1-3-5-17/h1-12H,13-14,25H2. The summed E-state index contributed by atoms with van der Waals surface area (Å²) >= 11 is 6.36. The molecule has 0 fully saturated rings. The van der Waals surface area contributed by atoms with Gasteiger partial charge in [-0.2, -0.15) is 4.98 Å². The first kappa shape index (κ1) is 20.6. The third-order valence-corrected chi connectivity index (χ3v) is 4.66. The first-order valence-electron chi connectivity index (χ1n) is 9.44. The van der Waals surface area contributed by atoms with Crippen molar-refractivity contribution >= 4 is 17.6 Å². The zero-order chi connectivity index (χ0) is 21.6. The molecule has 0 aliphatic carbocycles. The van der Waals surface area contributed by atoms with E-state index in [2.05, 4.69) is 10.1 Å². The first-order chi connectivity index (χ1) is 15.1. The number of hydrogen-bond donors (Lipinski definition) is 1. The Morgan fingerprint density at radius 1 is 1.00 bits per heavy atom. The van der Waals surface area contributed by atoms with Crippen LogP contribution in [0.2, 0.25) is 5.02 Å². The lowest BCUT2D eigenvalue weighted by molar-refractivity contribution is -0.143. The van der Waals surface area contributed by atoms with Crippen LogP contribution in [0.1, 0.15) is 5.56 Å². The predicted molar refractivity (Wildman–Crippen MR) is 116 cm³/mol. The summed E-state index contributed by atoms with van der Waals surface area (Å²) < 4.78 is 16.2. The molecule has 0 atom stereocenters. The first-order valence-corrected chi connectivity index (χ1v) is 9.82. The Morgan fingerprint density at radius 3 is 2.45 bits per heavy atom. The average Bonchev–Trinajstić information content (AvgIpc) is 3.28. The summed E-state index contributed by atoms with van der Waals surface area (Å²) in [6.07, 6.45) is 0. The van der Waals surface area contributed by atoms with Gasteiger partial charge in [0.1, 0.15) is 18.1 Å². The monoisotopic (exact) mass is 435 g/mol. The maximum atomic E-state index is 11.2. The Hall–Kier alpha value is -3.68. The van der Waals surface area contributed by atoms with Gasteiger partial charge in [0.25, 0.3) is 5.89 Å². The molecule has 0 bridgehead atoms. The normalized spacial score (nSPS) is 10.6. The van der Waals surface area contributed by atoms with Crippen molar-refractivity contribution in [2.75, 3.05) is 6.54 Å². The van der Waals surface area contributed by atoms with Gasteiger partial charge in [-0.05, 0) is 54.1 Å². The molecule has 1 aromatic heterocycles. The van der Waals surface area contributed by atoms with E-state index in [1.807, 2.05) is 54.6 Å². The third kappa shape index (κ3) is 5.09. The number of aromatic nitrogens is 2. The van der Waals surface area contributed by atoms with Gasteiger partial charge in [-0.1, -0.05) is 41.0 Å². The number of halogens is 1. The number of esters is 1. The second-order valence-corrected chi connectivity index (χ2v) is 6.95. The molecule has 4 rings (SSSR count). The number of rotatable bonds is 7. The van der Waals surface area contributed by atoms with Gasteiger partial charge in [-0.15, -0.1) is 0 Å². The van der Waals surface area contributed by atoms with Crippen molar-refractivity contribution in [2.45, 2.75) is 6.61 Å². The molecule has 1 heterocycles. The highest BCUT2D eigenvalue weighted by Crippen LogP contribution is 2.30. The van der Waals surface area contributed by atoms with E-state index >= 15 is 0 Å². The molecular weight excluding hydrogens is 418 g/mol. The summed E-state index contributed by atoms with van der Waals surface area (Å²) in [4.78, 5) is 15.6. The van der Waals surface area contributed by atoms with Crippen molar-refractivity contribution < 1.29 is 18.8 Å². The number of para-hydroxylation sites is 1. The number of nitrogens with zero attached hydrogens (tertiary/aromatic N) is 2. The molecule has 0 unspecified atom stereocenters. The van der Waals surface area contributed by atoms with Crippen LogP contribution in [0.5, 0.6) is 11.5 Å². The van der Waals surface area contributed by atoms with Gasteiger partial charge in [0.15, 0.2) is 0 Å². The van der Waals surface area contributed by atoms with E-state index in [0.717, 1.165) is 16.9 Å². The van der Waals surface area contributed by atoms with E-state index in [1.165, 1.54) is 0 Å². The summed E-state index contributed by atoms with van der Waals surface area (Å²) in [5.41, 5.74) is 7.31. The molecule has 2 N–H and O–H groups in total. The molecule has 0 radical (unpaired) electrons. The molecule has 0 amide bonds. The predicted octanol–water partition coefficient (Wildman–Crippen LogP) is 4.85. The van der Waals surface area contributed by atoms with Crippen LogP contribution in [0.25, 0.3) is 22.8 Å². The lowest BCUT2D eigenvalue weighted by Crippen LogP contribution is -2.16. The molecule has 0 aliphatic rings. The highest BCUT2D eigenvalue weighted by Gasteiger charge is 2.14. The summed E-state index contributed by atoms with van der Waals surface area (Å²) in [6, 6.07) is 22.1. The molecule has 31 heavy (non-hydrogen) atoms. The van der Waals surface area contributed by atoms with Gasteiger partial charge in [0.2, 0.25) is 5.82 Å². The quantitative estimate of drug-likeness (QED) is 0.414. The van der Waals surface area contributed by atoms with E-state index in [0.29, 0.717) is 28.1 Å². The van der Waals surface area contributed by atoms with E-state index in [1.54, 1.807) is 18.2 Å². The van der Waals surface area contributed by atoms with Crippen molar-refractivity contribution in [3.63, 3.8) is 0 Å². The second-order valence-electron chi connectivity index (χ2n) is 6.54. The number of carbonyl (C=O) groups is 1. The van der Waals surface area contributed by atoms with E-state index in [-0.39, 0.29) is 13.2 Å². The largest absolute Gasteiger partial charge is 0.460 e. The zero-order valence-electron chi connectivity index (χ0n) is 16.3. The fraction of sp³-hybridized carbons (Fsp3) is 0.0870. The summed E-state index contributed by atoms with van der Waals surface area (Å²) in [5.74, 6) is 1.69. The minimum atomic E-state index is -0.483. The topological polar surface area (TPSA) is 100 Å². The SMILES string of the molecule is NCC(=O)OCc1ccc(-c2noc(-c3ccc(Oc4ccccc4)cc3)n2)c(Cl)c1. The number of benzene rings is 3. The molecule has 7 nitrogen and oxygen atoms in total. The highest BCUT2D eigenvalue weighted by atomic mass is 35.5. The Kier molecular flexibility index (Phi) is 6.26. The Bertz CT molecular complexity index is 1180. The van der Waals surface area contributed by atoms with E-state index in [9.17, 15) is 4.79 Å². The van der Waals surface area contributed by atoms with Crippen LogP contribution in [0.3, 0.4) is 0 Å². The number of ether oxygens (including phenoxy) is 2. The zero-order valence-corrected chi connectivity index (χ0v) is 17.1. The molecule has 0 saturated heterocycles. The lowest BCUT2D eigenvalue weighted by atomic mass is 10.1. The lowest BCUT2D eigenvalue weighted by Gasteiger charge is -2.06. The van der Waals surface area contributed by atoms with E-state index in [4.69, 9.17) is 31.3 Å². The van der Waals surface area contributed by atoms with Crippen LogP contribution < -0.4 is 10.5 Å². The van der Waals surface area contributed by atoms with Crippen LogP contribution >= 0.6 is 11.6 Å². The molecule has 156 valence electrons. The van der Waals surface area contributed by atoms with Crippen molar-refractivity contribution in [1.82, 2.24) is 10.1 Å². The molecule has 0 spiro atoms. The van der Waals surface area contributed by atoms with Crippen LogP contribution in [0.4, 0.5) is 0 Å². The Balaban J connectivity index is 1.47. The molecule has 0 aliphatic heterocycles. The average molecular weight is 436 g/mol. The van der Waals surface area contributed by atoms with E-state index < -0.39 is 5.97 Å². The third-order valence-electron chi connectivity index (χ3n) is 4.35. The van der Waals surface area contributed by atoms with Gasteiger partial charge in [-0.3, -0.25) is 4.79 Å². The van der Waals surface area contributed by atoms with Crippen molar-refractivity contribution in [3.8, 4) is 34.3 Å². The minimum absolute atomic E-state index is 0.0882. The molecule has 0 saturated carbocycles. The molecule has 3 aromatic carbocycles. The summed E-state index contributed by atoms with van der Waals surface area (Å²) in [5, 5.41) is 4.44. The van der Waals surface area contributed by atoms with Crippen LogP contribution in [0, 0.1) is 0 Å². The van der Waals surface area contributed by atoms with Gasteiger partial charge >= 0.3 is 5.97 Å². The Morgan fingerprint density at radius 2 is 1.74 bits per heavy atom.